The van der Waals surface area contributed by atoms with Crippen LogP contribution in [-0.4, -0.2) is 47.7 Å². The normalized spacial score (nSPS) is 10.8. The maximum Gasteiger partial charge on any atom is 0.255 e. The molecule has 1 aromatic rings. The molecule has 1 heterocycles. The maximum atomic E-state index is 12.5. The zero-order chi connectivity index (χ0) is 13.5. The molecule has 0 amide bonds. The maximum absolute atomic E-state index is 12.5. The van der Waals surface area contributed by atoms with Gasteiger partial charge in [0.15, 0.2) is 0 Å². The molecule has 0 atom stereocenters. The summed E-state index contributed by atoms with van der Waals surface area (Å²) in [6, 6.07) is 0. The van der Waals surface area contributed by atoms with Crippen LogP contribution < -0.4 is 10.2 Å². The Morgan fingerprint density at radius 2 is 2.22 bits per heavy atom. The van der Waals surface area contributed by atoms with E-state index in [4.69, 9.17) is 5.11 Å². The quantitative estimate of drug-likeness (QED) is 0.800. The minimum atomic E-state index is -2.50. The van der Waals surface area contributed by atoms with Gasteiger partial charge in [-0.25, -0.2) is 18.7 Å². The van der Waals surface area contributed by atoms with Gasteiger partial charge in [0.1, 0.15) is 22.4 Å². The van der Waals surface area contributed by atoms with Crippen molar-refractivity contribution in [1.29, 1.82) is 0 Å². The van der Waals surface area contributed by atoms with Crippen LogP contribution in [0.3, 0.4) is 0 Å². The topological polar surface area (TPSA) is 61.3 Å². The molecule has 1 rings (SSSR count). The van der Waals surface area contributed by atoms with Gasteiger partial charge in [-0.05, 0) is 22.9 Å². The molecule has 8 heteroatoms. The predicted octanol–water partition coefficient (Wildman–Crippen LogP) is 1.73. The van der Waals surface area contributed by atoms with Gasteiger partial charge in [-0.2, -0.15) is 0 Å². The molecule has 0 radical (unpaired) electrons. The lowest BCUT2D eigenvalue weighted by atomic mass is 10.4. The summed E-state index contributed by atoms with van der Waals surface area (Å²) in [5.41, 5.74) is 0. The van der Waals surface area contributed by atoms with E-state index in [2.05, 4.69) is 31.2 Å². The lowest BCUT2D eigenvalue weighted by molar-refractivity contribution is 0.152. The molecule has 102 valence electrons. The highest BCUT2D eigenvalue weighted by Gasteiger charge is 2.18. The van der Waals surface area contributed by atoms with Crippen molar-refractivity contribution >= 4 is 27.6 Å². The lowest BCUT2D eigenvalue weighted by Gasteiger charge is -2.23. The molecule has 0 fully saturated rings. The van der Waals surface area contributed by atoms with Gasteiger partial charge >= 0.3 is 0 Å². The first kappa shape index (κ1) is 15.0. The summed E-state index contributed by atoms with van der Waals surface area (Å²) in [6.07, 6.45) is -1.20. The first-order valence-corrected chi connectivity index (χ1v) is 6.27. The number of halogens is 3. The van der Waals surface area contributed by atoms with Crippen LogP contribution in [0.4, 0.5) is 20.4 Å². The van der Waals surface area contributed by atoms with Crippen molar-refractivity contribution in [2.45, 2.75) is 13.3 Å². The van der Waals surface area contributed by atoms with Gasteiger partial charge in [0, 0.05) is 13.1 Å². The van der Waals surface area contributed by atoms with E-state index in [1.165, 1.54) is 11.2 Å². The summed E-state index contributed by atoms with van der Waals surface area (Å²) in [5.74, 6) is 0.884. The lowest BCUT2D eigenvalue weighted by Crippen LogP contribution is -2.32. The van der Waals surface area contributed by atoms with Gasteiger partial charge in [0.2, 0.25) is 0 Å². The minimum absolute atomic E-state index is 0.0888. The molecule has 18 heavy (non-hydrogen) atoms. The number of nitrogens with one attached hydrogen (secondary N) is 1. The fourth-order valence-corrected chi connectivity index (χ4v) is 2.04. The molecule has 0 spiro atoms. The first-order chi connectivity index (χ1) is 8.60. The fraction of sp³-hybridized carbons (Fsp3) is 0.600. The average Bonchev–Trinajstić information content (AvgIpc) is 2.31. The molecule has 2 N–H and O–H groups in total. The second-order valence-electron chi connectivity index (χ2n) is 3.45. The highest BCUT2D eigenvalue weighted by molar-refractivity contribution is 9.10. The Labute approximate surface area is 112 Å². The molecule has 0 saturated carbocycles. The Morgan fingerprint density at radius 1 is 1.50 bits per heavy atom. The molecule has 0 unspecified atom stereocenters. The summed E-state index contributed by atoms with van der Waals surface area (Å²) < 4.78 is 25.5. The van der Waals surface area contributed by atoms with Gasteiger partial charge in [0.25, 0.3) is 6.43 Å². The SMILES string of the molecule is CCNc1ncnc(N(CCO)CC(F)F)c1Br. The van der Waals surface area contributed by atoms with Gasteiger partial charge in [0.05, 0.1) is 13.2 Å². The second kappa shape index (κ2) is 7.42. The van der Waals surface area contributed by atoms with Gasteiger partial charge in [-0.15, -0.1) is 0 Å². The number of aromatic nitrogens is 2. The molecule has 0 aliphatic rings. The Balaban J connectivity index is 2.99. The number of rotatable bonds is 7. The molecule has 1 aromatic heterocycles. The molecular weight excluding hydrogens is 310 g/mol. The predicted molar refractivity (Wildman–Crippen MR) is 69.2 cm³/mol. The number of nitrogens with zero attached hydrogens (tertiary/aromatic N) is 3. The minimum Gasteiger partial charge on any atom is -0.395 e. The number of aliphatic hydroxyl groups is 1. The zero-order valence-corrected chi connectivity index (χ0v) is 11.5. The van der Waals surface area contributed by atoms with Gasteiger partial charge in [-0.1, -0.05) is 0 Å². The molecule has 0 aliphatic heterocycles. The first-order valence-electron chi connectivity index (χ1n) is 5.48. The van der Waals surface area contributed by atoms with Gasteiger partial charge < -0.3 is 15.3 Å². The third-order valence-electron chi connectivity index (χ3n) is 2.14. The Hall–Kier alpha value is -1.02. The smallest absolute Gasteiger partial charge is 0.255 e. The zero-order valence-electron chi connectivity index (χ0n) is 9.91. The number of anilines is 2. The molecule has 0 bridgehead atoms. The molecular formula is C10H15BrF2N4O. The fourth-order valence-electron chi connectivity index (χ4n) is 1.44. The Morgan fingerprint density at radius 3 is 2.78 bits per heavy atom. The van der Waals surface area contributed by atoms with E-state index in [9.17, 15) is 8.78 Å². The van der Waals surface area contributed by atoms with E-state index in [1.807, 2.05) is 6.92 Å². The van der Waals surface area contributed by atoms with E-state index in [-0.39, 0.29) is 13.2 Å². The van der Waals surface area contributed by atoms with Crippen molar-refractivity contribution in [3.05, 3.63) is 10.8 Å². The van der Waals surface area contributed by atoms with E-state index in [1.54, 1.807) is 0 Å². The van der Waals surface area contributed by atoms with Crippen LogP contribution in [0.15, 0.2) is 10.8 Å². The van der Waals surface area contributed by atoms with Crippen LogP contribution >= 0.6 is 15.9 Å². The number of alkyl halides is 2. The Kier molecular flexibility index (Phi) is 6.20. The standard InChI is InChI=1S/C10H15BrF2N4O/c1-2-14-9-8(11)10(16-6-15-9)17(3-4-18)5-7(12)13/h6-7,18H,2-5H2,1H3,(H,14,15,16). The number of hydrogen-bond donors (Lipinski definition) is 2. The van der Waals surface area contributed by atoms with Gasteiger partial charge in [-0.3, -0.25) is 0 Å². The summed E-state index contributed by atoms with van der Waals surface area (Å²) >= 11 is 3.29. The summed E-state index contributed by atoms with van der Waals surface area (Å²) in [6.45, 7) is 1.94. The van der Waals surface area contributed by atoms with Crippen LogP contribution in [0.25, 0.3) is 0 Å². The van der Waals surface area contributed by atoms with Crippen molar-refractivity contribution in [3.63, 3.8) is 0 Å². The summed E-state index contributed by atoms with van der Waals surface area (Å²) in [7, 11) is 0. The Bertz CT molecular complexity index is 381. The van der Waals surface area contributed by atoms with Crippen LogP contribution in [0.1, 0.15) is 6.92 Å². The van der Waals surface area contributed by atoms with E-state index < -0.39 is 13.0 Å². The molecule has 5 nitrogen and oxygen atoms in total. The third-order valence-corrected chi connectivity index (χ3v) is 2.87. The van der Waals surface area contributed by atoms with Crippen molar-refractivity contribution in [2.24, 2.45) is 0 Å². The third kappa shape index (κ3) is 4.02. The molecule has 0 aliphatic carbocycles. The molecule has 0 saturated heterocycles. The van der Waals surface area contributed by atoms with Crippen LogP contribution in [0.2, 0.25) is 0 Å². The van der Waals surface area contributed by atoms with E-state index in [0.29, 0.717) is 22.7 Å². The molecule has 0 aromatic carbocycles. The van der Waals surface area contributed by atoms with Crippen LogP contribution in [0.5, 0.6) is 0 Å². The highest BCUT2D eigenvalue weighted by Crippen LogP contribution is 2.29. The van der Waals surface area contributed by atoms with Crippen molar-refractivity contribution < 1.29 is 13.9 Å². The summed E-state index contributed by atoms with van der Waals surface area (Å²) in [5, 5.41) is 11.9. The van der Waals surface area contributed by atoms with E-state index >= 15 is 0 Å². The van der Waals surface area contributed by atoms with E-state index in [0.717, 1.165) is 0 Å². The van der Waals surface area contributed by atoms with Crippen molar-refractivity contribution in [3.8, 4) is 0 Å². The van der Waals surface area contributed by atoms with Crippen molar-refractivity contribution in [1.82, 2.24) is 9.97 Å². The largest absolute Gasteiger partial charge is 0.395 e. The highest BCUT2D eigenvalue weighted by atomic mass is 79.9. The second-order valence-corrected chi connectivity index (χ2v) is 4.24. The number of hydrogen-bond acceptors (Lipinski definition) is 5. The van der Waals surface area contributed by atoms with Crippen LogP contribution in [-0.2, 0) is 0 Å². The average molecular weight is 325 g/mol. The van der Waals surface area contributed by atoms with Crippen LogP contribution in [0, 0.1) is 0 Å². The summed E-state index contributed by atoms with van der Waals surface area (Å²) in [4.78, 5) is 9.30. The monoisotopic (exact) mass is 324 g/mol. The number of aliphatic hydroxyl groups excluding tert-OH is 1. The van der Waals surface area contributed by atoms with Crippen molar-refractivity contribution in [2.75, 3.05) is 36.5 Å².